The van der Waals surface area contributed by atoms with Crippen LogP contribution in [-0.2, 0) is 10.0 Å². The zero-order valence-corrected chi connectivity index (χ0v) is 18.1. The largest absolute Gasteiger partial charge is 0.492 e. The maximum Gasteiger partial charge on any atom is 0.264 e. The third-order valence-corrected chi connectivity index (χ3v) is 6.38. The summed E-state index contributed by atoms with van der Waals surface area (Å²) in [6.07, 6.45) is 0. The summed E-state index contributed by atoms with van der Waals surface area (Å²) in [7, 11) is -2.37. The molecule has 0 saturated heterocycles. The maximum absolute atomic E-state index is 13.1. The van der Waals surface area contributed by atoms with E-state index >= 15 is 0 Å². The minimum Gasteiger partial charge on any atom is -0.492 e. The molecule has 0 aliphatic rings. The summed E-state index contributed by atoms with van der Waals surface area (Å²) >= 11 is 5.96. The zero-order chi connectivity index (χ0) is 21.7. The molecule has 0 saturated carbocycles. The fraction of sp³-hybridized carbons (Fsp3) is 0.136. The molecule has 0 spiro atoms. The number of amides is 1. The minimum absolute atomic E-state index is 0.0266. The van der Waals surface area contributed by atoms with Gasteiger partial charge < -0.3 is 10.1 Å². The number of para-hydroxylation sites is 1. The standard InChI is InChI=1S/C22H21ClN2O4S/c1-3-29-21-13-12-19(30(27,28)25(2)18-10-5-4-6-11-18)15-20(21)24-22(26)16-8-7-9-17(23)14-16/h4-15H,3H2,1-2H3,(H,24,26). The Kier molecular flexibility index (Phi) is 6.64. The first-order valence-electron chi connectivity index (χ1n) is 9.20. The van der Waals surface area contributed by atoms with E-state index in [4.69, 9.17) is 16.3 Å². The smallest absolute Gasteiger partial charge is 0.264 e. The second-order valence-corrected chi connectivity index (χ2v) is 8.77. The van der Waals surface area contributed by atoms with Crippen molar-refractivity contribution in [3.05, 3.63) is 83.4 Å². The molecule has 0 fully saturated rings. The van der Waals surface area contributed by atoms with Gasteiger partial charge in [-0.15, -0.1) is 0 Å². The molecule has 0 radical (unpaired) electrons. The van der Waals surface area contributed by atoms with E-state index in [1.807, 2.05) is 6.07 Å². The van der Waals surface area contributed by atoms with E-state index in [-0.39, 0.29) is 10.6 Å². The molecule has 3 aromatic rings. The van der Waals surface area contributed by atoms with E-state index < -0.39 is 15.9 Å². The van der Waals surface area contributed by atoms with Crippen molar-refractivity contribution in [1.29, 1.82) is 0 Å². The van der Waals surface area contributed by atoms with Gasteiger partial charge in [0.05, 0.1) is 22.9 Å². The summed E-state index contributed by atoms with van der Waals surface area (Å²) in [5.41, 5.74) is 1.12. The number of carbonyl (C=O) groups excluding carboxylic acids is 1. The number of benzene rings is 3. The van der Waals surface area contributed by atoms with Gasteiger partial charge in [-0.1, -0.05) is 35.9 Å². The van der Waals surface area contributed by atoms with Crippen molar-refractivity contribution in [2.24, 2.45) is 0 Å². The summed E-state index contributed by atoms with van der Waals surface area (Å²) in [6, 6.07) is 19.6. The van der Waals surface area contributed by atoms with Crippen molar-refractivity contribution in [2.45, 2.75) is 11.8 Å². The van der Waals surface area contributed by atoms with Crippen LogP contribution in [0.15, 0.2) is 77.7 Å². The highest BCUT2D eigenvalue weighted by atomic mass is 35.5. The van der Waals surface area contributed by atoms with Crippen LogP contribution < -0.4 is 14.4 Å². The number of sulfonamides is 1. The third kappa shape index (κ3) is 4.75. The van der Waals surface area contributed by atoms with Crippen molar-refractivity contribution >= 4 is 38.9 Å². The number of anilines is 2. The lowest BCUT2D eigenvalue weighted by Gasteiger charge is -2.20. The molecule has 0 unspecified atom stereocenters. The van der Waals surface area contributed by atoms with Gasteiger partial charge in [0, 0.05) is 17.6 Å². The van der Waals surface area contributed by atoms with Crippen LogP contribution in [0.25, 0.3) is 0 Å². The Bertz CT molecular complexity index is 1150. The number of ether oxygens (including phenoxy) is 1. The van der Waals surface area contributed by atoms with E-state index in [2.05, 4.69) is 5.32 Å². The molecular formula is C22H21ClN2O4S. The second-order valence-electron chi connectivity index (χ2n) is 6.36. The summed E-state index contributed by atoms with van der Waals surface area (Å²) in [5, 5.41) is 3.15. The van der Waals surface area contributed by atoms with Crippen LogP contribution in [0.1, 0.15) is 17.3 Å². The van der Waals surface area contributed by atoms with Crippen molar-refractivity contribution in [1.82, 2.24) is 0 Å². The van der Waals surface area contributed by atoms with Gasteiger partial charge in [-0.25, -0.2) is 8.42 Å². The van der Waals surface area contributed by atoms with E-state index in [1.54, 1.807) is 49.4 Å². The van der Waals surface area contributed by atoms with Crippen LogP contribution in [0.4, 0.5) is 11.4 Å². The first kappa shape index (κ1) is 21.7. The molecule has 0 heterocycles. The molecule has 30 heavy (non-hydrogen) atoms. The normalized spacial score (nSPS) is 11.0. The molecule has 6 nitrogen and oxygen atoms in total. The van der Waals surface area contributed by atoms with Gasteiger partial charge in [0.1, 0.15) is 5.75 Å². The molecule has 3 rings (SSSR count). The predicted octanol–water partition coefficient (Wildman–Crippen LogP) is 4.82. The Morgan fingerprint density at radius 1 is 1.03 bits per heavy atom. The third-order valence-electron chi connectivity index (χ3n) is 4.36. The van der Waals surface area contributed by atoms with Gasteiger partial charge in [0.2, 0.25) is 0 Å². The van der Waals surface area contributed by atoms with Gasteiger partial charge in [-0.05, 0) is 55.5 Å². The lowest BCUT2D eigenvalue weighted by molar-refractivity contribution is 0.102. The Labute approximate surface area is 181 Å². The highest BCUT2D eigenvalue weighted by Crippen LogP contribution is 2.31. The number of hydrogen-bond donors (Lipinski definition) is 1. The average Bonchev–Trinajstić information content (AvgIpc) is 2.75. The quantitative estimate of drug-likeness (QED) is 0.567. The Morgan fingerprint density at radius 3 is 2.43 bits per heavy atom. The average molecular weight is 445 g/mol. The highest BCUT2D eigenvalue weighted by molar-refractivity contribution is 7.92. The van der Waals surface area contributed by atoms with Gasteiger partial charge in [0.25, 0.3) is 15.9 Å². The Morgan fingerprint density at radius 2 is 1.77 bits per heavy atom. The van der Waals surface area contributed by atoms with Crippen molar-refractivity contribution in [3.63, 3.8) is 0 Å². The van der Waals surface area contributed by atoms with Crippen molar-refractivity contribution < 1.29 is 17.9 Å². The van der Waals surface area contributed by atoms with Crippen LogP contribution in [0.3, 0.4) is 0 Å². The van der Waals surface area contributed by atoms with Gasteiger partial charge in [0.15, 0.2) is 0 Å². The van der Waals surface area contributed by atoms with Crippen molar-refractivity contribution in [3.8, 4) is 5.75 Å². The molecule has 0 aromatic heterocycles. The molecule has 3 aromatic carbocycles. The molecule has 0 bridgehead atoms. The highest BCUT2D eigenvalue weighted by Gasteiger charge is 2.23. The van der Waals surface area contributed by atoms with Crippen LogP contribution in [0.2, 0.25) is 5.02 Å². The zero-order valence-electron chi connectivity index (χ0n) is 16.5. The fourth-order valence-electron chi connectivity index (χ4n) is 2.81. The molecule has 8 heteroatoms. The maximum atomic E-state index is 13.1. The molecule has 156 valence electrons. The Balaban J connectivity index is 1.97. The second kappa shape index (κ2) is 9.19. The molecule has 0 atom stereocenters. The molecular weight excluding hydrogens is 424 g/mol. The van der Waals surface area contributed by atoms with Crippen LogP contribution in [0.5, 0.6) is 5.75 Å². The summed E-state index contributed by atoms with van der Waals surface area (Å²) in [4.78, 5) is 12.7. The lowest BCUT2D eigenvalue weighted by atomic mass is 10.2. The number of hydrogen-bond acceptors (Lipinski definition) is 4. The van der Waals surface area contributed by atoms with E-state index in [0.717, 1.165) is 0 Å². The topological polar surface area (TPSA) is 75.7 Å². The van der Waals surface area contributed by atoms with E-state index in [0.29, 0.717) is 28.6 Å². The fourth-order valence-corrected chi connectivity index (χ4v) is 4.22. The summed E-state index contributed by atoms with van der Waals surface area (Å²) in [6.45, 7) is 2.16. The SMILES string of the molecule is CCOc1ccc(S(=O)(=O)N(C)c2ccccc2)cc1NC(=O)c1cccc(Cl)c1. The first-order chi connectivity index (χ1) is 14.3. The minimum atomic E-state index is -3.85. The van der Waals surface area contributed by atoms with Crippen LogP contribution >= 0.6 is 11.6 Å². The van der Waals surface area contributed by atoms with E-state index in [9.17, 15) is 13.2 Å². The van der Waals surface area contributed by atoms with Crippen LogP contribution in [-0.4, -0.2) is 28.0 Å². The number of rotatable bonds is 7. The monoisotopic (exact) mass is 444 g/mol. The Hall–Kier alpha value is -3.03. The van der Waals surface area contributed by atoms with Gasteiger partial charge in [-0.2, -0.15) is 0 Å². The van der Waals surface area contributed by atoms with Gasteiger partial charge in [-0.3, -0.25) is 9.10 Å². The molecule has 0 aliphatic heterocycles. The summed E-state index contributed by atoms with van der Waals surface area (Å²) in [5.74, 6) is -0.0568. The summed E-state index contributed by atoms with van der Waals surface area (Å²) < 4.78 is 33.0. The first-order valence-corrected chi connectivity index (χ1v) is 11.0. The van der Waals surface area contributed by atoms with Crippen LogP contribution in [0, 0.1) is 0 Å². The van der Waals surface area contributed by atoms with E-state index in [1.165, 1.54) is 35.6 Å². The number of nitrogens with zero attached hydrogens (tertiary/aromatic N) is 1. The number of halogens is 1. The molecule has 1 amide bonds. The number of nitrogens with one attached hydrogen (secondary N) is 1. The van der Waals surface area contributed by atoms with Gasteiger partial charge >= 0.3 is 0 Å². The lowest BCUT2D eigenvalue weighted by Crippen LogP contribution is -2.26. The van der Waals surface area contributed by atoms with Crippen molar-refractivity contribution in [2.75, 3.05) is 23.3 Å². The predicted molar refractivity (Wildman–Crippen MR) is 119 cm³/mol. The molecule has 0 aliphatic carbocycles. The molecule has 1 N–H and O–H groups in total. The number of carbonyl (C=O) groups is 1.